The molecule has 0 saturated heterocycles. The molecule has 23 heavy (non-hydrogen) atoms. The number of hydrogen-bond acceptors (Lipinski definition) is 3. The van der Waals surface area contributed by atoms with Crippen LogP contribution in [-0.2, 0) is 28.6 Å². The summed E-state index contributed by atoms with van der Waals surface area (Å²) in [6.45, 7) is 1.57. The number of nitrogens with two attached hydrogens (primary N) is 1. The molecule has 0 saturated carbocycles. The molecule has 6 nitrogen and oxygen atoms in total. The second-order valence-corrected chi connectivity index (χ2v) is 6.01. The summed E-state index contributed by atoms with van der Waals surface area (Å²) in [5.41, 5.74) is 5.69. The van der Waals surface area contributed by atoms with Crippen molar-refractivity contribution in [3.8, 4) is 0 Å². The third-order valence-corrected chi connectivity index (χ3v) is 3.92. The molecule has 2 rings (SSSR count). The van der Waals surface area contributed by atoms with Gasteiger partial charge >= 0.3 is 0 Å². The predicted molar refractivity (Wildman–Crippen MR) is 87.7 cm³/mol. The van der Waals surface area contributed by atoms with Crippen LogP contribution in [-0.4, -0.2) is 21.6 Å². The van der Waals surface area contributed by atoms with Crippen LogP contribution in [0.25, 0.3) is 0 Å². The number of carbonyl (C=O) groups excluding carboxylic acids is 2. The number of aromatic nitrogens is 2. The van der Waals surface area contributed by atoms with E-state index >= 15 is 0 Å². The Bertz CT molecular complexity index is 728. The number of halogens is 1. The van der Waals surface area contributed by atoms with Gasteiger partial charge in [-0.3, -0.25) is 14.3 Å². The van der Waals surface area contributed by atoms with Gasteiger partial charge < -0.3 is 11.1 Å². The molecule has 2 amide bonds. The molecule has 0 unspecified atom stereocenters. The van der Waals surface area contributed by atoms with Crippen LogP contribution in [0.15, 0.2) is 36.7 Å². The first kappa shape index (κ1) is 17.0. The molecule has 0 spiro atoms. The van der Waals surface area contributed by atoms with Gasteiger partial charge in [0.2, 0.25) is 11.8 Å². The highest BCUT2D eigenvalue weighted by Crippen LogP contribution is 2.23. The molecule has 0 aliphatic heterocycles. The SMILES string of the molecule is Cn1cc(CCC(=O)N[C@](C)(C(N)=O)c2cccc(Cl)c2)cn1. The lowest BCUT2D eigenvalue weighted by atomic mass is 9.91. The van der Waals surface area contributed by atoms with E-state index in [1.807, 2.05) is 13.2 Å². The molecule has 2 aromatic rings. The minimum atomic E-state index is -1.31. The van der Waals surface area contributed by atoms with E-state index in [-0.39, 0.29) is 12.3 Å². The Hall–Kier alpha value is -2.34. The van der Waals surface area contributed by atoms with E-state index in [0.29, 0.717) is 17.0 Å². The molecule has 7 heteroatoms. The largest absolute Gasteiger partial charge is 0.367 e. The fourth-order valence-corrected chi connectivity index (χ4v) is 2.47. The zero-order chi connectivity index (χ0) is 17.0. The van der Waals surface area contributed by atoms with Gasteiger partial charge in [0.25, 0.3) is 0 Å². The van der Waals surface area contributed by atoms with Gasteiger partial charge in [-0.25, -0.2) is 0 Å². The lowest BCUT2D eigenvalue weighted by Crippen LogP contribution is -2.52. The minimum Gasteiger partial charge on any atom is -0.367 e. The summed E-state index contributed by atoms with van der Waals surface area (Å²) in [6, 6.07) is 6.73. The van der Waals surface area contributed by atoms with Crippen molar-refractivity contribution in [1.82, 2.24) is 15.1 Å². The smallest absolute Gasteiger partial charge is 0.247 e. The normalized spacial score (nSPS) is 13.3. The second-order valence-electron chi connectivity index (χ2n) is 5.57. The van der Waals surface area contributed by atoms with E-state index in [2.05, 4.69) is 10.4 Å². The fraction of sp³-hybridized carbons (Fsp3) is 0.312. The van der Waals surface area contributed by atoms with Crippen molar-refractivity contribution >= 4 is 23.4 Å². The number of aryl methyl sites for hydroxylation is 2. The van der Waals surface area contributed by atoms with E-state index in [0.717, 1.165) is 5.56 Å². The van der Waals surface area contributed by atoms with Gasteiger partial charge in [-0.05, 0) is 36.6 Å². The Morgan fingerprint density at radius 1 is 1.43 bits per heavy atom. The molecule has 0 radical (unpaired) electrons. The summed E-state index contributed by atoms with van der Waals surface area (Å²) in [6.07, 6.45) is 4.31. The van der Waals surface area contributed by atoms with Crippen LogP contribution in [0.5, 0.6) is 0 Å². The number of rotatable bonds is 6. The molecule has 1 aromatic heterocycles. The number of primary amides is 1. The number of amides is 2. The lowest BCUT2D eigenvalue weighted by molar-refractivity contribution is -0.131. The monoisotopic (exact) mass is 334 g/mol. The Morgan fingerprint density at radius 2 is 2.17 bits per heavy atom. The maximum atomic E-state index is 12.2. The standard InChI is InChI=1S/C16H19ClN4O2/c1-16(15(18)23,12-4-3-5-13(17)8-12)20-14(22)7-6-11-9-19-21(2)10-11/h3-5,8-10H,6-7H2,1-2H3,(H2,18,23)(H,20,22)/t16-/m0/s1. The van der Waals surface area contributed by atoms with E-state index in [9.17, 15) is 9.59 Å². The number of carbonyl (C=O) groups is 2. The lowest BCUT2D eigenvalue weighted by Gasteiger charge is -2.28. The van der Waals surface area contributed by atoms with Gasteiger partial charge in [0, 0.05) is 24.7 Å². The van der Waals surface area contributed by atoms with Gasteiger partial charge in [-0.2, -0.15) is 5.10 Å². The molecule has 0 aliphatic rings. The molecule has 1 aromatic carbocycles. The summed E-state index contributed by atoms with van der Waals surface area (Å²) in [5.74, 6) is -0.912. The molecular formula is C16H19ClN4O2. The molecule has 0 fully saturated rings. The van der Waals surface area contributed by atoms with Gasteiger partial charge in [0.05, 0.1) is 6.20 Å². The van der Waals surface area contributed by atoms with Crippen LogP contribution < -0.4 is 11.1 Å². The van der Waals surface area contributed by atoms with E-state index in [4.69, 9.17) is 17.3 Å². The van der Waals surface area contributed by atoms with Crippen molar-refractivity contribution in [1.29, 1.82) is 0 Å². The van der Waals surface area contributed by atoms with Crippen molar-refractivity contribution in [3.05, 3.63) is 52.8 Å². The molecular weight excluding hydrogens is 316 g/mol. The van der Waals surface area contributed by atoms with Crippen LogP contribution in [0.4, 0.5) is 0 Å². The first-order chi connectivity index (χ1) is 10.8. The molecule has 0 aliphatic carbocycles. The maximum Gasteiger partial charge on any atom is 0.247 e. The molecule has 0 bridgehead atoms. The van der Waals surface area contributed by atoms with Crippen LogP contribution in [0.1, 0.15) is 24.5 Å². The van der Waals surface area contributed by atoms with E-state index in [1.54, 1.807) is 42.1 Å². The number of benzene rings is 1. The first-order valence-corrected chi connectivity index (χ1v) is 7.53. The van der Waals surface area contributed by atoms with Crippen molar-refractivity contribution < 1.29 is 9.59 Å². The third-order valence-electron chi connectivity index (χ3n) is 3.68. The summed E-state index contributed by atoms with van der Waals surface area (Å²) in [7, 11) is 1.81. The number of hydrogen-bond donors (Lipinski definition) is 2. The zero-order valence-corrected chi connectivity index (χ0v) is 13.8. The van der Waals surface area contributed by atoms with E-state index in [1.165, 1.54) is 0 Å². The Morgan fingerprint density at radius 3 is 2.74 bits per heavy atom. The Balaban J connectivity index is 2.09. The fourth-order valence-electron chi connectivity index (χ4n) is 2.28. The van der Waals surface area contributed by atoms with Crippen molar-refractivity contribution in [3.63, 3.8) is 0 Å². The quantitative estimate of drug-likeness (QED) is 0.839. The average molecular weight is 335 g/mol. The van der Waals surface area contributed by atoms with Crippen LogP contribution >= 0.6 is 11.6 Å². The Kier molecular flexibility index (Phi) is 5.05. The molecule has 3 N–H and O–H groups in total. The van der Waals surface area contributed by atoms with Crippen LogP contribution in [0.3, 0.4) is 0 Å². The summed E-state index contributed by atoms with van der Waals surface area (Å²) < 4.78 is 1.67. The van der Waals surface area contributed by atoms with Gasteiger partial charge in [0.15, 0.2) is 0 Å². The molecule has 122 valence electrons. The highest BCUT2D eigenvalue weighted by Gasteiger charge is 2.34. The van der Waals surface area contributed by atoms with Gasteiger partial charge in [0.1, 0.15) is 5.54 Å². The summed E-state index contributed by atoms with van der Waals surface area (Å²) in [5, 5.41) is 7.24. The first-order valence-electron chi connectivity index (χ1n) is 7.16. The molecule has 1 heterocycles. The highest BCUT2D eigenvalue weighted by molar-refractivity contribution is 6.30. The van der Waals surface area contributed by atoms with Gasteiger partial charge in [-0.1, -0.05) is 23.7 Å². The van der Waals surface area contributed by atoms with Crippen LogP contribution in [0, 0.1) is 0 Å². The zero-order valence-electron chi connectivity index (χ0n) is 13.0. The predicted octanol–water partition coefficient (Wildman–Crippen LogP) is 1.52. The topological polar surface area (TPSA) is 90.0 Å². The van der Waals surface area contributed by atoms with Crippen LogP contribution in [0.2, 0.25) is 5.02 Å². The highest BCUT2D eigenvalue weighted by atomic mass is 35.5. The average Bonchev–Trinajstić information content (AvgIpc) is 2.90. The summed E-state index contributed by atoms with van der Waals surface area (Å²) >= 11 is 5.96. The third kappa shape index (κ3) is 4.10. The summed E-state index contributed by atoms with van der Waals surface area (Å²) in [4.78, 5) is 24.1. The van der Waals surface area contributed by atoms with Crippen molar-refractivity contribution in [2.45, 2.75) is 25.3 Å². The van der Waals surface area contributed by atoms with E-state index < -0.39 is 11.4 Å². The number of nitrogens with zero attached hydrogens (tertiary/aromatic N) is 2. The van der Waals surface area contributed by atoms with Gasteiger partial charge in [-0.15, -0.1) is 0 Å². The minimum absolute atomic E-state index is 0.231. The molecule has 1 atom stereocenters. The van der Waals surface area contributed by atoms with Crippen molar-refractivity contribution in [2.24, 2.45) is 12.8 Å². The Labute approximate surface area is 139 Å². The second kappa shape index (κ2) is 6.83. The maximum absolute atomic E-state index is 12.2. The van der Waals surface area contributed by atoms with Crippen molar-refractivity contribution in [2.75, 3.05) is 0 Å². The number of nitrogens with one attached hydrogen (secondary N) is 1.